The molecule has 0 aromatic heterocycles. The first-order valence-electron chi connectivity index (χ1n) is 8.50. The number of nitrogens with zero attached hydrogens (tertiary/aromatic N) is 2. The summed E-state index contributed by atoms with van der Waals surface area (Å²) in [6, 6.07) is 0.475. The quantitative estimate of drug-likeness (QED) is 0.810. The number of piperazine rings is 1. The van der Waals surface area contributed by atoms with Crippen LogP contribution in [0.15, 0.2) is 0 Å². The molecule has 2 heterocycles. The van der Waals surface area contributed by atoms with Gasteiger partial charge in [0.15, 0.2) is 0 Å². The van der Waals surface area contributed by atoms with Crippen LogP contribution in [-0.4, -0.2) is 60.4 Å². The number of nitrogens with one attached hydrogen (secondary N) is 1. The van der Waals surface area contributed by atoms with Gasteiger partial charge in [-0.15, -0.1) is 0 Å². The Morgan fingerprint density at radius 3 is 2.81 bits per heavy atom. The van der Waals surface area contributed by atoms with E-state index < -0.39 is 0 Å². The number of carbonyl (C=O) groups is 2. The SMILES string of the molecule is O=C1CN(C(=O)[C@@]23CCCC[C@H]2CNC3)CCN1C1CC1. The Morgan fingerprint density at radius 2 is 2.05 bits per heavy atom. The van der Waals surface area contributed by atoms with Gasteiger partial charge in [0, 0.05) is 25.7 Å². The third-order valence-corrected chi connectivity index (χ3v) is 6.00. The summed E-state index contributed by atoms with van der Waals surface area (Å²) in [5, 5.41) is 3.43. The average molecular weight is 291 g/mol. The van der Waals surface area contributed by atoms with E-state index in [0.29, 0.717) is 18.5 Å². The van der Waals surface area contributed by atoms with Crippen molar-refractivity contribution < 1.29 is 9.59 Å². The molecule has 4 aliphatic rings. The fourth-order valence-corrected chi connectivity index (χ4v) is 4.62. The first kappa shape index (κ1) is 13.6. The molecule has 0 aromatic carbocycles. The lowest BCUT2D eigenvalue weighted by atomic mass is 9.67. The number of hydrogen-bond donors (Lipinski definition) is 1. The van der Waals surface area contributed by atoms with Gasteiger partial charge in [0.05, 0.1) is 12.0 Å². The largest absolute Gasteiger partial charge is 0.336 e. The molecule has 116 valence electrons. The van der Waals surface area contributed by atoms with Gasteiger partial charge in [0.25, 0.3) is 0 Å². The smallest absolute Gasteiger partial charge is 0.242 e. The third-order valence-electron chi connectivity index (χ3n) is 6.00. The van der Waals surface area contributed by atoms with Crippen LogP contribution < -0.4 is 5.32 Å². The summed E-state index contributed by atoms with van der Waals surface area (Å²) in [5.74, 6) is 0.892. The first-order chi connectivity index (χ1) is 10.2. The highest BCUT2D eigenvalue weighted by atomic mass is 16.2. The van der Waals surface area contributed by atoms with Crippen molar-refractivity contribution in [1.29, 1.82) is 0 Å². The van der Waals surface area contributed by atoms with Crippen LogP contribution in [-0.2, 0) is 9.59 Å². The second kappa shape index (κ2) is 4.97. The number of hydrogen-bond acceptors (Lipinski definition) is 3. The van der Waals surface area contributed by atoms with E-state index in [1.54, 1.807) is 0 Å². The van der Waals surface area contributed by atoms with Crippen molar-refractivity contribution in [3.63, 3.8) is 0 Å². The zero-order chi connectivity index (χ0) is 14.4. The summed E-state index contributed by atoms with van der Waals surface area (Å²) in [6.45, 7) is 3.57. The van der Waals surface area contributed by atoms with Crippen LogP contribution in [0.4, 0.5) is 0 Å². The van der Waals surface area contributed by atoms with Crippen LogP contribution >= 0.6 is 0 Å². The molecule has 2 amide bonds. The average Bonchev–Trinajstić information content (AvgIpc) is 3.24. The standard InChI is InChI=1S/C16H25N3O2/c20-14-10-18(7-8-19(14)13-4-5-13)15(21)16-6-2-1-3-12(16)9-17-11-16/h12-13,17H,1-11H2/t12-,16+/m0/s1. The molecule has 0 bridgehead atoms. The maximum Gasteiger partial charge on any atom is 0.242 e. The number of carbonyl (C=O) groups excluding carboxylic acids is 2. The number of fused-ring (bicyclic) bond motifs is 1. The lowest BCUT2D eigenvalue weighted by Crippen LogP contribution is -2.58. The van der Waals surface area contributed by atoms with Gasteiger partial charge in [-0.05, 0) is 38.1 Å². The van der Waals surface area contributed by atoms with Crippen LogP contribution in [0.2, 0.25) is 0 Å². The molecule has 2 saturated carbocycles. The summed E-state index contributed by atoms with van der Waals surface area (Å²) in [7, 11) is 0. The van der Waals surface area contributed by atoms with E-state index in [1.807, 2.05) is 9.80 Å². The highest BCUT2D eigenvalue weighted by Gasteiger charge is 2.52. The number of rotatable bonds is 2. The second-order valence-electron chi connectivity index (χ2n) is 7.27. The summed E-state index contributed by atoms with van der Waals surface area (Å²) in [4.78, 5) is 29.2. The van der Waals surface area contributed by atoms with Crippen LogP contribution in [0.1, 0.15) is 38.5 Å². The lowest BCUT2D eigenvalue weighted by molar-refractivity contribution is -0.154. The molecule has 0 aromatic rings. The Kier molecular flexibility index (Phi) is 3.21. The van der Waals surface area contributed by atoms with Crippen molar-refractivity contribution in [1.82, 2.24) is 15.1 Å². The predicted octanol–water partition coefficient (Wildman–Crippen LogP) is 0.599. The molecule has 2 aliphatic carbocycles. The molecule has 0 spiro atoms. The normalized spacial score (nSPS) is 36.8. The Labute approximate surface area is 126 Å². The second-order valence-corrected chi connectivity index (χ2v) is 7.27. The maximum atomic E-state index is 13.1. The van der Waals surface area contributed by atoms with Crippen molar-refractivity contribution in [2.75, 3.05) is 32.7 Å². The zero-order valence-electron chi connectivity index (χ0n) is 12.6. The van der Waals surface area contributed by atoms with Gasteiger partial charge in [-0.1, -0.05) is 12.8 Å². The van der Waals surface area contributed by atoms with E-state index in [-0.39, 0.29) is 17.2 Å². The minimum atomic E-state index is -0.208. The lowest BCUT2D eigenvalue weighted by Gasteiger charge is -2.43. The van der Waals surface area contributed by atoms with Gasteiger partial charge in [0.2, 0.25) is 11.8 Å². The van der Waals surface area contributed by atoms with E-state index >= 15 is 0 Å². The Hall–Kier alpha value is -1.10. The fourth-order valence-electron chi connectivity index (χ4n) is 4.62. The molecular formula is C16H25N3O2. The number of amides is 2. The van der Waals surface area contributed by atoms with E-state index in [4.69, 9.17) is 0 Å². The summed E-state index contributed by atoms with van der Waals surface area (Å²) >= 11 is 0. The molecule has 5 nitrogen and oxygen atoms in total. The molecular weight excluding hydrogens is 266 g/mol. The van der Waals surface area contributed by atoms with Gasteiger partial charge in [-0.2, -0.15) is 0 Å². The molecule has 5 heteroatoms. The molecule has 2 aliphatic heterocycles. The molecule has 0 unspecified atom stereocenters. The molecule has 0 radical (unpaired) electrons. The van der Waals surface area contributed by atoms with Crippen molar-refractivity contribution in [3.05, 3.63) is 0 Å². The van der Waals surface area contributed by atoms with E-state index in [9.17, 15) is 9.59 Å². The maximum absolute atomic E-state index is 13.1. The van der Waals surface area contributed by atoms with Gasteiger partial charge < -0.3 is 15.1 Å². The first-order valence-corrected chi connectivity index (χ1v) is 8.50. The Morgan fingerprint density at radius 1 is 1.19 bits per heavy atom. The highest BCUT2D eigenvalue weighted by Crippen LogP contribution is 2.45. The molecule has 2 saturated heterocycles. The van der Waals surface area contributed by atoms with Crippen LogP contribution in [0.3, 0.4) is 0 Å². The van der Waals surface area contributed by atoms with Gasteiger partial charge in [-0.3, -0.25) is 9.59 Å². The van der Waals surface area contributed by atoms with Crippen molar-refractivity contribution in [2.45, 2.75) is 44.6 Å². The van der Waals surface area contributed by atoms with E-state index in [0.717, 1.165) is 58.3 Å². The monoisotopic (exact) mass is 291 g/mol. The van der Waals surface area contributed by atoms with Crippen LogP contribution in [0.25, 0.3) is 0 Å². The molecule has 4 fully saturated rings. The van der Waals surface area contributed by atoms with Crippen molar-refractivity contribution in [2.24, 2.45) is 11.3 Å². The molecule has 21 heavy (non-hydrogen) atoms. The summed E-state index contributed by atoms with van der Waals surface area (Å²) < 4.78 is 0. The molecule has 4 rings (SSSR count). The Bertz CT molecular complexity index is 462. The van der Waals surface area contributed by atoms with Crippen molar-refractivity contribution in [3.8, 4) is 0 Å². The van der Waals surface area contributed by atoms with Gasteiger partial charge >= 0.3 is 0 Å². The fraction of sp³-hybridized carbons (Fsp3) is 0.875. The van der Waals surface area contributed by atoms with Crippen molar-refractivity contribution >= 4 is 11.8 Å². The topological polar surface area (TPSA) is 52.7 Å². The molecule has 1 N–H and O–H groups in total. The van der Waals surface area contributed by atoms with Crippen LogP contribution in [0.5, 0.6) is 0 Å². The summed E-state index contributed by atoms with van der Waals surface area (Å²) in [5.41, 5.74) is -0.208. The predicted molar refractivity (Wildman–Crippen MR) is 78.6 cm³/mol. The Balaban J connectivity index is 1.48. The summed E-state index contributed by atoms with van der Waals surface area (Å²) in [6.07, 6.45) is 6.86. The highest BCUT2D eigenvalue weighted by molar-refractivity contribution is 5.90. The minimum absolute atomic E-state index is 0.159. The van der Waals surface area contributed by atoms with Crippen LogP contribution in [0, 0.1) is 11.3 Å². The van der Waals surface area contributed by atoms with E-state index in [1.165, 1.54) is 6.42 Å². The minimum Gasteiger partial charge on any atom is -0.336 e. The van der Waals surface area contributed by atoms with E-state index in [2.05, 4.69) is 5.32 Å². The molecule has 2 atom stereocenters. The third kappa shape index (κ3) is 2.17. The van der Waals surface area contributed by atoms with Gasteiger partial charge in [0.1, 0.15) is 0 Å². The zero-order valence-corrected chi connectivity index (χ0v) is 12.6. The van der Waals surface area contributed by atoms with Gasteiger partial charge in [-0.25, -0.2) is 0 Å².